The van der Waals surface area contributed by atoms with E-state index in [2.05, 4.69) is 10.1 Å². The lowest BCUT2D eigenvalue weighted by molar-refractivity contribution is -0.274. The average Bonchev–Trinajstić information content (AvgIpc) is 2.37. The van der Waals surface area contributed by atoms with Crippen LogP contribution in [0.25, 0.3) is 0 Å². The predicted molar refractivity (Wildman–Crippen MR) is 69.8 cm³/mol. The van der Waals surface area contributed by atoms with Gasteiger partial charge in [0.2, 0.25) is 0 Å². The molecule has 0 heterocycles. The molecule has 2 rings (SSSR count). The van der Waals surface area contributed by atoms with Crippen molar-refractivity contribution >= 4 is 17.3 Å². The van der Waals surface area contributed by atoms with Gasteiger partial charge in [0.15, 0.2) is 0 Å². The van der Waals surface area contributed by atoms with Gasteiger partial charge in [-0.25, -0.2) is 4.79 Å². The summed E-state index contributed by atoms with van der Waals surface area (Å²) in [5.74, 6) is -1.53. The van der Waals surface area contributed by atoms with Gasteiger partial charge in [0.25, 0.3) is 0 Å². The van der Waals surface area contributed by atoms with Gasteiger partial charge in [-0.05, 0) is 24.3 Å². The highest BCUT2D eigenvalue weighted by Crippen LogP contribution is 2.27. The van der Waals surface area contributed by atoms with Crippen LogP contribution < -0.4 is 10.1 Å². The van der Waals surface area contributed by atoms with E-state index in [1.807, 2.05) is 0 Å². The molecule has 4 nitrogen and oxygen atoms in total. The molecule has 0 aromatic heterocycles. The van der Waals surface area contributed by atoms with Gasteiger partial charge in [-0.15, -0.1) is 13.2 Å². The second-order valence-electron chi connectivity index (χ2n) is 4.05. The van der Waals surface area contributed by atoms with Crippen molar-refractivity contribution in [3.8, 4) is 5.75 Å². The van der Waals surface area contributed by atoms with E-state index in [1.165, 1.54) is 24.3 Å². The first-order chi connectivity index (χ1) is 9.85. The molecule has 0 fully saturated rings. The number of ether oxygens (including phenoxy) is 1. The number of carbonyl (C=O) groups is 1. The first kappa shape index (κ1) is 14.7. The lowest BCUT2D eigenvalue weighted by Crippen LogP contribution is -2.17. The minimum absolute atomic E-state index is 0.0136. The molecule has 0 aliphatic rings. The van der Waals surface area contributed by atoms with Crippen LogP contribution in [0.15, 0.2) is 48.5 Å². The van der Waals surface area contributed by atoms with E-state index in [9.17, 15) is 18.0 Å². The molecule has 0 aliphatic carbocycles. The Balaban J connectivity index is 2.25. The van der Waals surface area contributed by atoms with Gasteiger partial charge in [0.1, 0.15) is 5.75 Å². The number of hydrogen-bond acceptors (Lipinski definition) is 3. The minimum atomic E-state index is -4.78. The Morgan fingerprint density at radius 1 is 1.10 bits per heavy atom. The van der Waals surface area contributed by atoms with Gasteiger partial charge in [-0.1, -0.05) is 18.2 Å². The lowest BCUT2D eigenvalue weighted by Gasteiger charge is -2.12. The molecule has 21 heavy (non-hydrogen) atoms. The normalized spacial score (nSPS) is 11.0. The number of hydrogen-bond donors (Lipinski definition) is 2. The predicted octanol–water partition coefficient (Wildman–Crippen LogP) is 4.03. The van der Waals surface area contributed by atoms with Crippen LogP contribution in [0.5, 0.6) is 5.75 Å². The zero-order valence-electron chi connectivity index (χ0n) is 10.5. The quantitative estimate of drug-likeness (QED) is 0.894. The third kappa shape index (κ3) is 4.13. The first-order valence-electron chi connectivity index (χ1n) is 5.80. The molecule has 0 saturated heterocycles. The van der Waals surface area contributed by atoms with Crippen molar-refractivity contribution in [2.45, 2.75) is 6.36 Å². The Bertz CT molecular complexity index is 656. The molecule has 0 spiro atoms. The number of carboxylic acid groups (broad SMARTS) is 1. The minimum Gasteiger partial charge on any atom is -0.478 e. The second kappa shape index (κ2) is 5.74. The molecular weight excluding hydrogens is 287 g/mol. The maximum absolute atomic E-state index is 12.1. The molecule has 0 atom stereocenters. The molecular formula is C14H10F3NO3. The van der Waals surface area contributed by atoms with Crippen LogP contribution in [0.2, 0.25) is 0 Å². The zero-order chi connectivity index (χ0) is 15.5. The standard InChI is InChI=1S/C14H10F3NO3/c15-14(16,17)21-10-5-3-4-9(8-10)18-12-7-2-1-6-11(12)13(19)20/h1-8,18H,(H,19,20). The van der Waals surface area contributed by atoms with E-state index in [-0.39, 0.29) is 22.7 Å². The van der Waals surface area contributed by atoms with Gasteiger partial charge >= 0.3 is 12.3 Å². The third-order valence-electron chi connectivity index (χ3n) is 2.50. The lowest BCUT2D eigenvalue weighted by atomic mass is 10.1. The van der Waals surface area contributed by atoms with Gasteiger partial charge in [-0.3, -0.25) is 0 Å². The molecule has 0 unspecified atom stereocenters. The summed E-state index contributed by atoms with van der Waals surface area (Å²) < 4.78 is 40.3. The fourth-order valence-electron chi connectivity index (χ4n) is 1.71. The number of nitrogens with one attached hydrogen (secondary N) is 1. The van der Waals surface area contributed by atoms with Crippen molar-refractivity contribution in [3.05, 3.63) is 54.1 Å². The van der Waals surface area contributed by atoms with E-state index >= 15 is 0 Å². The van der Waals surface area contributed by atoms with Crippen LogP contribution in [-0.4, -0.2) is 17.4 Å². The first-order valence-corrected chi connectivity index (χ1v) is 5.80. The Hall–Kier alpha value is -2.70. The number of aromatic carboxylic acids is 1. The Morgan fingerprint density at radius 2 is 1.81 bits per heavy atom. The fraction of sp³-hybridized carbons (Fsp3) is 0.0714. The Morgan fingerprint density at radius 3 is 2.48 bits per heavy atom. The topological polar surface area (TPSA) is 58.6 Å². The molecule has 0 saturated carbocycles. The van der Waals surface area contributed by atoms with Crippen molar-refractivity contribution in [2.24, 2.45) is 0 Å². The summed E-state index contributed by atoms with van der Waals surface area (Å²) in [6.07, 6.45) is -4.78. The van der Waals surface area contributed by atoms with Gasteiger partial charge in [-0.2, -0.15) is 0 Å². The summed E-state index contributed by atoms with van der Waals surface area (Å²) >= 11 is 0. The number of benzene rings is 2. The molecule has 2 aromatic rings. The molecule has 0 bridgehead atoms. The number of para-hydroxylation sites is 1. The average molecular weight is 297 g/mol. The summed E-state index contributed by atoms with van der Waals surface area (Å²) in [5, 5.41) is 11.8. The van der Waals surface area contributed by atoms with Crippen LogP contribution in [0.1, 0.15) is 10.4 Å². The fourth-order valence-corrected chi connectivity index (χ4v) is 1.71. The summed E-state index contributed by atoms with van der Waals surface area (Å²) in [6.45, 7) is 0. The maximum atomic E-state index is 12.1. The summed E-state index contributed by atoms with van der Waals surface area (Å²) in [5.41, 5.74) is 0.569. The molecule has 0 amide bonds. The van der Waals surface area contributed by atoms with Crippen molar-refractivity contribution < 1.29 is 27.8 Å². The number of carboxylic acids is 1. The Labute approximate surface area is 117 Å². The summed E-state index contributed by atoms with van der Waals surface area (Å²) in [4.78, 5) is 11.1. The number of alkyl halides is 3. The van der Waals surface area contributed by atoms with Gasteiger partial charge in [0, 0.05) is 11.8 Å². The van der Waals surface area contributed by atoms with Gasteiger partial charge in [0.05, 0.1) is 11.3 Å². The molecule has 110 valence electrons. The van der Waals surface area contributed by atoms with Crippen molar-refractivity contribution in [1.82, 2.24) is 0 Å². The highest BCUT2D eigenvalue weighted by Gasteiger charge is 2.31. The third-order valence-corrected chi connectivity index (χ3v) is 2.50. The molecule has 0 radical (unpaired) electrons. The van der Waals surface area contributed by atoms with Crippen LogP contribution in [0.3, 0.4) is 0 Å². The largest absolute Gasteiger partial charge is 0.573 e. The van der Waals surface area contributed by atoms with Crippen LogP contribution in [0, 0.1) is 0 Å². The van der Waals surface area contributed by atoms with Crippen LogP contribution in [0.4, 0.5) is 24.5 Å². The highest BCUT2D eigenvalue weighted by molar-refractivity contribution is 5.95. The van der Waals surface area contributed by atoms with Crippen molar-refractivity contribution in [1.29, 1.82) is 0 Å². The molecule has 2 aromatic carbocycles. The van der Waals surface area contributed by atoms with E-state index < -0.39 is 12.3 Å². The van der Waals surface area contributed by atoms with E-state index in [0.29, 0.717) is 0 Å². The second-order valence-corrected chi connectivity index (χ2v) is 4.05. The van der Waals surface area contributed by atoms with Crippen LogP contribution >= 0.6 is 0 Å². The zero-order valence-corrected chi connectivity index (χ0v) is 10.5. The molecule has 0 aliphatic heterocycles. The smallest absolute Gasteiger partial charge is 0.478 e. The van der Waals surface area contributed by atoms with E-state index in [1.54, 1.807) is 12.1 Å². The Kier molecular flexibility index (Phi) is 4.02. The molecule has 2 N–H and O–H groups in total. The maximum Gasteiger partial charge on any atom is 0.573 e. The number of anilines is 2. The van der Waals surface area contributed by atoms with E-state index in [0.717, 1.165) is 12.1 Å². The van der Waals surface area contributed by atoms with Crippen molar-refractivity contribution in [3.63, 3.8) is 0 Å². The van der Waals surface area contributed by atoms with E-state index in [4.69, 9.17) is 5.11 Å². The number of halogens is 3. The number of rotatable bonds is 4. The monoisotopic (exact) mass is 297 g/mol. The molecule has 7 heteroatoms. The van der Waals surface area contributed by atoms with Crippen LogP contribution in [-0.2, 0) is 0 Å². The summed E-state index contributed by atoms with van der Waals surface area (Å²) in [7, 11) is 0. The summed E-state index contributed by atoms with van der Waals surface area (Å²) in [6, 6.07) is 11.2. The van der Waals surface area contributed by atoms with Gasteiger partial charge < -0.3 is 15.2 Å². The van der Waals surface area contributed by atoms with Crippen molar-refractivity contribution in [2.75, 3.05) is 5.32 Å². The SMILES string of the molecule is O=C(O)c1ccccc1Nc1cccc(OC(F)(F)F)c1. The highest BCUT2D eigenvalue weighted by atomic mass is 19.4.